The van der Waals surface area contributed by atoms with E-state index in [9.17, 15) is 4.79 Å². The molecule has 0 fully saturated rings. The second-order valence-electron chi connectivity index (χ2n) is 1.48. The van der Waals surface area contributed by atoms with Gasteiger partial charge in [0.2, 0.25) is 0 Å². The first kappa shape index (κ1) is 7.27. The third kappa shape index (κ3) is 1.82. The van der Waals surface area contributed by atoms with E-state index in [0.29, 0.717) is 6.54 Å². The quantitative estimate of drug-likeness (QED) is 0.506. The van der Waals surface area contributed by atoms with Gasteiger partial charge in [-0.1, -0.05) is 0 Å². The Bertz CT molecular complexity index is 82.5. The minimum atomic E-state index is -0.285. The Morgan fingerprint density at radius 3 is 2.38 bits per heavy atom. The molecule has 0 spiro atoms. The van der Waals surface area contributed by atoms with Gasteiger partial charge in [0.05, 0.1) is 7.11 Å². The van der Waals surface area contributed by atoms with E-state index in [2.05, 4.69) is 4.74 Å². The molecule has 0 aromatic carbocycles. The van der Waals surface area contributed by atoms with Crippen molar-refractivity contribution < 1.29 is 9.53 Å². The number of hydrogen-bond acceptors (Lipinski definition) is 2. The van der Waals surface area contributed by atoms with E-state index in [0.717, 1.165) is 0 Å². The Labute approximate surface area is 49.2 Å². The summed E-state index contributed by atoms with van der Waals surface area (Å²) in [6.07, 6.45) is -0.285. The van der Waals surface area contributed by atoms with Crippen LogP contribution in [-0.4, -0.2) is 31.7 Å². The van der Waals surface area contributed by atoms with E-state index in [1.807, 2.05) is 6.92 Å². The zero-order valence-electron chi connectivity index (χ0n) is 5.47. The fourth-order valence-corrected chi connectivity index (χ4v) is 0.285. The van der Waals surface area contributed by atoms with Crippen LogP contribution in [-0.2, 0) is 4.74 Å². The topological polar surface area (TPSA) is 29.5 Å². The first-order chi connectivity index (χ1) is 3.72. The normalized spacial score (nSPS) is 8.38. The van der Waals surface area contributed by atoms with Crippen molar-refractivity contribution in [1.29, 1.82) is 0 Å². The number of hydrogen-bond donors (Lipinski definition) is 0. The molecule has 1 amide bonds. The molecule has 0 bridgehead atoms. The minimum absolute atomic E-state index is 0.285. The van der Waals surface area contributed by atoms with Gasteiger partial charge in [0, 0.05) is 13.6 Å². The van der Waals surface area contributed by atoms with Crippen molar-refractivity contribution >= 4 is 6.09 Å². The summed E-state index contributed by atoms with van der Waals surface area (Å²) in [5, 5.41) is 0. The highest BCUT2D eigenvalue weighted by Gasteiger charge is 2.01. The number of rotatable bonds is 1. The number of methoxy groups -OCH3 is 1. The van der Waals surface area contributed by atoms with Crippen molar-refractivity contribution in [2.45, 2.75) is 6.92 Å². The Balaban J connectivity index is 3.46. The zero-order chi connectivity index (χ0) is 6.57. The lowest BCUT2D eigenvalue weighted by Gasteiger charge is -2.10. The standard InChI is InChI=1S/C5H11NO2/c1-4-6(2)5(7)8-3/h4H2,1-3H3. The van der Waals surface area contributed by atoms with Gasteiger partial charge < -0.3 is 9.64 Å². The maximum atomic E-state index is 10.4. The molecule has 0 atom stereocenters. The highest BCUT2D eigenvalue weighted by atomic mass is 16.5. The van der Waals surface area contributed by atoms with Gasteiger partial charge in [0.25, 0.3) is 0 Å². The average molecular weight is 117 g/mol. The third-order valence-electron chi connectivity index (χ3n) is 0.961. The van der Waals surface area contributed by atoms with Gasteiger partial charge in [-0.2, -0.15) is 0 Å². The molecule has 0 N–H and O–H groups in total. The average Bonchev–Trinajstić information content (AvgIpc) is 1.84. The maximum absolute atomic E-state index is 10.4. The molecule has 0 aromatic heterocycles. The first-order valence-electron chi connectivity index (χ1n) is 2.51. The predicted molar refractivity (Wildman–Crippen MR) is 30.7 cm³/mol. The highest BCUT2D eigenvalue weighted by Crippen LogP contribution is 1.84. The molecule has 0 aliphatic rings. The fraction of sp³-hybridized carbons (Fsp3) is 0.800. The van der Waals surface area contributed by atoms with E-state index >= 15 is 0 Å². The largest absolute Gasteiger partial charge is 0.453 e. The van der Waals surface area contributed by atoms with Crippen molar-refractivity contribution in [3.05, 3.63) is 0 Å². The van der Waals surface area contributed by atoms with E-state index in [-0.39, 0.29) is 6.09 Å². The second kappa shape index (κ2) is 3.29. The van der Waals surface area contributed by atoms with Crippen LogP contribution in [0.1, 0.15) is 6.92 Å². The molecule has 0 saturated heterocycles. The highest BCUT2D eigenvalue weighted by molar-refractivity contribution is 5.66. The van der Waals surface area contributed by atoms with Crippen molar-refractivity contribution in [2.24, 2.45) is 0 Å². The summed E-state index contributed by atoms with van der Waals surface area (Å²) in [7, 11) is 3.06. The molecule has 0 aromatic rings. The summed E-state index contributed by atoms with van der Waals surface area (Å²) < 4.78 is 4.39. The van der Waals surface area contributed by atoms with Gasteiger partial charge in [-0.15, -0.1) is 0 Å². The molecule has 0 heterocycles. The summed E-state index contributed by atoms with van der Waals surface area (Å²) >= 11 is 0. The third-order valence-corrected chi connectivity index (χ3v) is 0.961. The Morgan fingerprint density at radius 1 is 1.75 bits per heavy atom. The van der Waals surface area contributed by atoms with Gasteiger partial charge in [-0.05, 0) is 6.92 Å². The van der Waals surface area contributed by atoms with Gasteiger partial charge in [-0.3, -0.25) is 0 Å². The van der Waals surface area contributed by atoms with Crippen molar-refractivity contribution in [1.82, 2.24) is 4.90 Å². The van der Waals surface area contributed by atoms with E-state index in [1.54, 1.807) is 7.05 Å². The Hall–Kier alpha value is -0.730. The summed E-state index contributed by atoms with van der Waals surface area (Å²) in [5.74, 6) is 0. The minimum Gasteiger partial charge on any atom is -0.453 e. The van der Waals surface area contributed by atoms with Crippen LogP contribution in [0.3, 0.4) is 0 Å². The summed E-state index contributed by atoms with van der Waals surface area (Å²) in [5.41, 5.74) is 0. The molecular weight excluding hydrogens is 106 g/mol. The number of carbonyl (C=O) groups excluding carboxylic acids is 1. The zero-order valence-corrected chi connectivity index (χ0v) is 5.47. The molecule has 0 rings (SSSR count). The van der Waals surface area contributed by atoms with Gasteiger partial charge in [0.15, 0.2) is 0 Å². The van der Waals surface area contributed by atoms with E-state index in [1.165, 1.54) is 12.0 Å². The summed E-state index contributed by atoms with van der Waals surface area (Å²) in [4.78, 5) is 11.9. The molecule has 0 radical (unpaired) electrons. The first-order valence-corrected chi connectivity index (χ1v) is 2.51. The van der Waals surface area contributed by atoms with Gasteiger partial charge in [0.1, 0.15) is 0 Å². The number of ether oxygens (including phenoxy) is 1. The van der Waals surface area contributed by atoms with Gasteiger partial charge >= 0.3 is 6.09 Å². The Morgan fingerprint density at radius 2 is 2.25 bits per heavy atom. The number of carbonyl (C=O) groups is 1. The van der Waals surface area contributed by atoms with Crippen LogP contribution in [0.4, 0.5) is 4.79 Å². The molecule has 0 aliphatic heterocycles. The van der Waals surface area contributed by atoms with Crippen LogP contribution < -0.4 is 0 Å². The molecule has 48 valence electrons. The lowest BCUT2D eigenvalue weighted by Crippen LogP contribution is -2.25. The van der Waals surface area contributed by atoms with Crippen LogP contribution >= 0.6 is 0 Å². The van der Waals surface area contributed by atoms with E-state index < -0.39 is 0 Å². The second-order valence-corrected chi connectivity index (χ2v) is 1.48. The Kier molecular flexibility index (Phi) is 2.99. The lowest BCUT2D eigenvalue weighted by molar-refractivity contribution is 0.135. The number of amides is 1. The molecule has 0 unspecified atom stereocenters. The molecule has 8 heavy (non-hydrogen) atoms. The SMILES string of the molecule is CCN(C)C(=O)OC. The fourth-order valence-electron chi connectivity index (χ4n) is 0.285. The molecule has 0 aliphatic carbocycles. The van der Waals surface area contributed by atoms with Crippen LogP contribution in [0.25, 0.3) is 0 Å². The lowest BCUT2D eigenvalue weighted by atomic mass is 10.7. The van der Waals surface area contributed by atoms with Crippen LogP contribution in [0, 0.1) is 0 Å². The molecule has 0 saturated carbocycles. The van der Waals surface area contributed by atoms with Crippen LogP contribution in [0.2, 0.25) is 0 Å². The predicted octanol–water partition coefficient (Wildman–Crippen LogP) is 0.705. The smallest absolute Gasteiger partial charge is 0.409 e. The maximum Gasteiger partial charge on any atom is 0.409 e. The monoisotopic (exact) mass is 117 g/mol. The summed E-state index contributed by atoms with van der Waals surface area (Å²) in [6, 6.07) is 0. The van der Waals surface area contributed by atoms with Crippen molar-refractivity contribution in [3.8, 4) is 0 Å². The molecule has 3 nitrogen and oxygen atoms in total. The van der Waals surface area contributed by atoms with Gasteiger partial charge in [-0.25, -0.2) is 4.79 Å². The number of nitrogens with zero attached hydrogens (tertiary/aromatic N) is 1. The van der Waals surface area contributed by atoms with Crippen molar-refractivity contribution in [3.63, 3.8) is 0 Å². The van der Waals surface area contributed by atoms with Crippen LogP contribution in [0.5, 0.6) is 0 Å². The van der Waals surface area contributed by atoms with Crippen LogP contribution in [0.15, 0.2) is 0 Å². The van der Waals surface area contributed by atoms with E-state index in [4.69, 9.17) is 0 Å². The molecular formula is C5H11NO2. The van der Waals surface area contributed by atoms with Crippen molar-refractivity contribution in [2.75, 3.05) is 20.7 Å². The molecule has 3 heteroatoms. The summed E-state index contributed by atoms with van der Waals surface area (Å²) in [6.45, 7) is 2.57.